The molecule has 0 N–H and O–H groups in total. The fraction of sp³-hybridized carbons (Fsp3) is 0.267. The van der Waals surface area contributed by atoms with E-state index in [1.165, 1.54) is 7.11 Å². The molecule has 3 aromatic carbocycles. The number of ether oxygens (including phenoxy) is 2. The van der Waals surface area contributed by atoms with Gasteiger partial charge < -0.3 is 14.4 Å². The van der Waals surface area contributed by atoms with E-state index in [-0.39, 0.29) is 19.0 Å². The van der Waals surface area contributed by atoms with E-state index in [0.29, 0.717) is 35.5 Å². The molecular formula is C30H27F3N4O4. The van der Waals surface area contributed by atoms with Crippen LogP contribution in [0.25, 0.3) is 28.1 Å². The molecule has 2 heterocycles. The van der Waals surface area contributed by atoms with Crippen molar-refractivity contribution in [2.75, 3.05) is 27.3 Å². The van der Waals surface area contributed by atoms with Gasteiger partial charge in [-0.15, -0.1) is 5.10 Å². The standard InChI is InChI=1S/C30H27F3N4O4/c1-40-27-6-4-3-5-25(27)26-18-37(35-34-26)24-16-22(15-23(17-24)28(38)41-2)20-9-7-19(8-10-20)21-11-13-36(14-12-21)29(39)30(31,32)33/h3-10,15-18,21H,11-14H2,1-2H3. The smallest absolute Gasteiger partial charge is 0.471 e. The van der Waals surface area contributed by atoms with Gasteiger partial charge in [-0.25, -0.2) is 9.48 Å². The number of hydrogen-bond acceptors (Lipinski definition) is 6. The van der Waals surface area contributed by atoms with Gasteiger partial charge in [0.2, 0.25) is 0 Å². The Morgan fingerprint density at radius 3 is 2.29 bits per heavy atom. The van der Waals surface area contributed by atoms with Gasteiger partial charge >= 0.3 is 18.1 Å². The van der Waals surface area contributed by atoms with E-state index in [1.807, 2.05) is 54.6 Å². The number of para-hydroxylation sites is 1. The molecule has 1 saturated heterocycles. The summed E-state index contributed by atoms with van der Waals surface area (Å²) in [4.78, 5) is 24.9. The van der Waals surface area contributed by atoms with E-state index < -0.39 is 18.1 Å². The average molecular weight is 565 g/mol. The summed E-state index contributed by atoms with van der Waals surface area (Å²) in [6.07, 6.45) is -2.21. The Kier molecular flexibility index (Phi) is 7.78. The predicted molar refractivity (Wildman–Crippen MR) is 145 cm³/mol. The number of methoxy groups -OCH3 is 2. The van der Waals surface area contributed by atoms with Crippen LogP contribution in [0.1, 0.15) is 34.7 Å². The summed E-state index contributed by atoms with van der Waals surface area (Å²) >= 11 is 0. The molecule has 212 valence electrons. The second kappa shape index (κ2) is 11.4. The van der Waals surface area contributed by atoms with Crippen LogP contribution in [-0.2, 0) is 9.53 Å². The van der Waals surface area contributed by atoms with Crippen molar-refractivity contribution in [3.63, 3.8) is 0 Å². The number of aromatic nitrogens is 3. The normalized spacial score (nSPS) is 14.1. The number of esters is 1. The van der Waals surface area contributed by atoms with Gasteiger partial charge in [0.15, 0.2) is 0 Å². The van der Waals surface area contributed by atoms with Crippen LogP contribution in [0.15, 0.2) is 72.9 Å². The quantitative estimate of drug-likeness (QED) is 0.281. The van der Waals surface area contributed by atoms with Crippen molar-refractivity contribution in [3.8, 4) is 33.8 Å². The Hall–Kier alpha value is -4.67. The van der Waals surface area contributed by atoms with Crippen LogP contribution in [0, 0.1) is 0 Å². The average Bonchev–Trinajstić information content (AvgIpc) is 3.50. The lowest BCUT2D eigenvalue weighted by Gasteiger charge is -2.32. The van der Waals surface area contributed by atoms with E-state index >= 15 is 0 Å². The van der Waals surface area contributed by atoms with Gasteiger partial charge in [-0.3, -0.25) is 4.79 Å². The zero-order chi connectivity index (χ0) is 29.1. The first-order valence-electron chi connectivity index (χ1n) is 12.9. The minimum Gasteiger partial charge on any atom is -0.496 e. The third-order valence-corrected chi connectivity index (χ3v) is 7.22. The SMILES string of the molecule is COC(=O)c1cc(-c2ccc(C3CCN(C(=O)C(F)(F)F)CC3)cc2)cc(-n2cc(-c3ccccc3OC)nn2)c1. The molecule has 0 atom stereocenters. The van der Waals surface area contributed by atoms with Crippen molar-refractivity contribution in [1.29, 1.82) is 0 Å². The second-order valence-corrected chi connectivity index (χ2v) is 9.70. The molecule has 1 aliphatic heterocycles. The highest BCUT2D eigenvalue weighted by molar-refractivity contribution is 5.92. The Morgan fingerprint density at radius 1 is 0.927 bits per heavy atom. The van der Waals surface area contributed by atoms with Gasteiger partial charge in [-0.2, -0.15) is 13.2 Å². The van der Waals surface area contributed by atoms with Crippen LogP contribution >= 0.6 is 0 Å². The fourth-order valence-electron chi connectivity index (χ4n) is 5.06. The van der Waals surface area contributed by atoms with E-state index in [0.717, 1.165) is 27.2 Å². The molecule has 1 amide bonds. The van der Waals surface area contributed by atoms with Gasteiger partial charge in [0.25, 0.3) is 0 Å². The number of hydrogen-bond donors (Lipinski definition) is 0. The molecule has 0 aliphatic carbocycles. The molecule has 0 unspecified atom stereocenters. The lowest BCUT2D eigenvalue weighted by atomic mass is 9.88. The number of alkyl halides is 3. The first kappa shape index (κ1) is 27.9. The summed E-state index contributed by atoms with van der Waals surface area (Å²) in [6.45, 7) is 0.119. The van der Waals surface area contributed by atoms with Crippen LogP contribution in [0.3, 0.4) is 0 Å². The van der Waals surface area contributed by atoms with Gasteiger partial charge in [0, 0.05) is 18.7 Å². The number of benzene rings is 3. The molecule has 8 nitrogen and oxygen atoms in total. The van der Waals surface area contributed by atoms with E-state index in [9.17, 15) is 22.8 Å². The van der Waals surface area contributed by atoms with E-state index in [2.05, 4.69) is 10.3 Å². The molecular weight excluding hydrogens is 537 g/mol. The summed E-state index contributed by atoms with van der Waals surface area (Å²) in [5.41, 5.74) is 4.86. The van der Waals surface area contributed by atoms with Crippen molar-refractivity contribution in [2.45, 2.75) is 24.9 Å². The zero-order valence-corrected chi connectivity index (χ0v) is 22.4. The number of halogens is 3. The van der Waals surface area contributed by atoms with Crippen molar-refractivity contribution >= 4 is 11.9 Å². The van der Waals surface area contributed by atoms with Gasteiger partial charge in [0.05, 0.1) is 31.7 Å². The van der Waals surface area contributed by atoms with Crippen LogP contribution in [0.4, 0.5) is 13.2 Å². The maximum Gasteiger partial charge on any atom is 0.471 e. The molecule has 5 rings (SSSR count). The first-order valence-corrected chi connectivity index (χ1v) is 12.9. The van der Waals surface area contributed by atoms with Crippen LogP contribution < -0.4 is 4.74 Å². The minimum absolute atomic E-state index is 0.0434. The fourth-order valence-corrected chi connectivity index (χ4v) is 5.06. The topological polar surface area (TPSA) is 86.5 Å². The summed E-state index contributed by atoms with van der Waals surface area (Å²) in [6, 6.07) is 20.4. The van der Waals surface area contributed by atoms with Crippen molar-refractivity contribution < 1.29 is 32.2 Å². The molecule has 11 heteroatoms. The van der Waals surface area contributed by atoms with Crippen LogP contribution in [0.5, 0.6) is 5.75 Å². The molecule has 0 saturated carbocycles. The Labute approximate surface area is 234 Å². The number of amides is 1. The van der Waals surface area contributed by atoms with Gasteiger partial charge in [-0.1, -0.05) is 41.6 Å². The summed E-state index contributed by atoms with van der Waals surface area (Å²) in [5, 5.41) is 8.56. The Morgan fingerprint density at radius 2 is 1.63 bits per heavy atom. The third kappa shape index (κ3) is 5.93. The second-order valence-electron chi connectivity index (χ2n) is 9.70. The van der Waals surface area contributed by atoms with Crippen molar-refractivity contribution in [3.05, 3.63) is 84.1 Å². The predicted octanol–water partition coefficient (Wildman–Crippen LogP) is 5.66. The molecule has 0 bridgehead atoms. The number of carbonyl (C=O) groups is 2. The van der Waals surface area contributed by atoms with Crippen LogP contribution in [-0.4, -0.2) is 65.3 Å². The molecule has 1 aliphatic rings. The number of carbonyl (C=O) groups excluding carboxylic acids is 2. The Balaban J connectivity index is 1.40. The van der Waals surface area contributed by atoms with E-state index in [4.69, 9.17) is 9.47 Å². The molecule has 0 radical (unpaired) electrons. The molecule has 1 aromatic heterocycles. The molecule has 4 aromatic rings. The highest BCUT2D eigenvalue weighted by Crippen LogP contribution is 2.33. The maximum atomic E-state index is 12.8. The van der Waals surface area contributed by atoms with Crippen molar-refractivity contribution in [2.24, 2.45) is 0 Å². The summed E-state index contributed by atoms with van der Waals surface area (Å²) < 4.78 is 50.3. The highest BCUT2D eigenvalue weighted by Gasteiger charge is 2.43. The lowest BCUT2D eigenvalue weighted by Crippen LogP contribution is -2.45. The Bertz CT molecular complexity index is 1560. The highest BCUT2D eigenvalue weighted by atomic mass is 19.4. The number of nitrogens with zero attached hydrogens (tertiary/aromatic N) is 4. The van der Waals surface area contributed by atoms with Crippen LogP contribution in [0.2, 0.25) is 0 Å². The number of rotatable bonds is 6. The lowest BCUT2D eigenvalue weighted by molar-refractivity contribution is -0.186. The summed E-state index contributed by atoms with van der Waals surface area (Å²) in [7, 11) is 2.89. The maximum absolute atomic E-state index is 12.8. The number of likely N-dealkylation sites (tertiary alicyclic amines) is 1. The zero-order valence-electron chi connectivity index (χ0n) is 22.4. The molecule has 41 heavy (non-hydrogen) atoms. The third-order valence-electron chi connectivity index (χ3n) is 7.22. The largest absolute Gasteiger partial charge is 0.496 e. The first-order chi connectivity index (χ1) is 19.7. The molecule has 1 fully saturated rings. The van der Waals surface area contributed by atoms with Crippen molar-refractivity contribution in [1.82, 2.24) is 19.9 Å². The monoisotopic (exact) mass is 564 g/mol. The summed E-state index contributed by atoms with van der Waals surface area (Å²) in [5.74, 6) is -1.59. The minimum atomic E-state index is -4.85. The van der Waals surface area contributed by atoms with E-state index in [1.54, 1.807) is 30.1 Å². The molecule has 0 spiro atoms. The number of piperidine rings is 1. The van der Waals surface area contributed by atoms with Gasteiger partial charge in [-0.05, 0) is 65.8 Å². The van der Waals surface area contributed by atoms with Gasteiger partial charge in [0.1, 0.15) is 11.4 Å².